The summed E-state index contributed by atoms with van der Waals surface area (Å²) in [5.74, 6) is 0. The molecule has 0 spiro atoms. The zero-order valence-corrected chi connectivity index (χ0v) is 4.50. The second-order valence-electron chi connectivity index (χ2n) is 1.24. The van der Waals surface area contributed by atoms with Gasteiger partial charge in [-0.1, -0.05) is 13.8 Å². The average Bonchev–Trinajstić information content (AvgIpc) is 1.38. The van der Waals surface area contributed by atoms with Crippen LogP contribution in [-0.4, -0.2) is 5.66 Å². The van der Waals surface area contributed by atoms with Gasteiger partial charge in [0, 0.05) is 8.73 Å². The molecule has 0 aliphatic heterocycles. The molecule has 0 saturated heterocycles. The Morgan fingerprint density at radius 3 is 1.80 bits per heavy atom. The molecular weight excluding hydrogens is 81.0 g/mol. The van der Waals surface area contributed by atoms with Crippen LogP contribution in [0.25, 0.3) is 0 Å². The summed E-state index contributed by atoms with van der Waals surface area (Å²) in [6.45, 7) is 4.17. The SMILES string of the molecule is CC(C)[P]N. The van der Waals surface area contributed by atoms with E-state index in [-0.39, 0.29) is 0 Å². The van der Waals surface area contributed by atoms with E-state index in [2.05, 4.69) is 13.8 Å². The fraction of sp³-hybridized carbons (Fsp3) is 1.00. The van der Waals surface area contributed by atoms with Crippen LogP contribution in [0.5, 0.6) is 0 Å². The number of hydrogen-bond acceptors (Lipinski definition) is 1. The van der Waals surface area contributed by atoms with Crippen LogP contribution in [-0.2, 0) is 0 Å². The first-order valence-electron chi connectivity index (χ1n) is 1.67. The monoisotopic (exact) mass is 90.0 g/mol. The minimum Gasteiger partial charge on any atom is -0.305 e. The van der Waals surface area contributed by atoms with Gasteiger partial charge < -0.3 is 5.50 Å². The maximum absolute atomic E-state index is 5.14. The Balaban J connectivity index is 2.54. The fourth-order valence-corrected chi connectivity index (χ4v) is 0. The third-order valence-corrected chi connectivity index (χ3v) is 0.894. The summed E-state index contributed by atoms with van der Waals surface area (Å²) in [7, 11) is 0.997. The van der Waals surface area contributed by atoms with E-state index in [0.717, 1.165) is 8.73 Å². The highest BCUT2D eigenvalue weighted by molar-refractivity contribution is 7.35. The molecule has 0 aromatic rings. The molecule has 0 aromatic heterocycles. The van der Waals surface area contributed by atoms with Crippen LogP contribution in [0.4, 0.5) is 0 Å². The Bertz CT molecular complexity index is 20.9. The van der Waals surface area contributed by atoms with Crippen LogP contribution < -0.4 is 5.50 Å². The van der Waals surface area contributed by atoms with Crippen LogP contribution in [0.1, 0.15) is 13.8 Å². The zero-order valence-electron chi connectivity index (χ0n) is 3.60. The summed E-state index contributed by atoms with van der Waals surface area (Å²) in [6, 6.07) is 0. The van der Waals surface area contributed by atoms with E-state index in [0.29, 0.717) is 5.66 Å². The predicted octanol–water partition coefficient (Wildman–Crippen LogP) is 1.21. The summed E-state index contributed by atoms with van der Waals surface area (Å²) in [4.78, 5) is 0. The van der Waals surface area contributed by atoms with Gasteiger partial charge in [0.1, 0.15) is 0 Å². The van der Waals surface area contributed by atoms with Gasteiger partial charge in [-0.3, -0.25) is 0 Å². The summed E-state index contributed by atoms with van der Waals surface area (Å²) < 4.78 is 0. The first-order valence-corrected chi connectivity index (χ1v) is 2.70. The van der Waals surface area contributed by atoms with Gasteiger partial charge in [-0.2, -0.15) is 0 Å². The van der Waals surface area contributed by atoms with Crippen LogP contribution in [0.2, 0.25) is 0 Å². The molecule has 0 unspecified atom stereocenters. The molecule has 0 heterocycles. The standard InChI is InChI=1S/C3H9NP/c1-3(2)5-4/h3H,4H2,1-2H3. The molecular formula is C3H9NP. The summed E-state index contributed by atoms with van der Waals surface area (Å²) >= 11 is 0. The molecule has 2 heteroatoms. The highest BCUT2D eigenvalue weighted by Gasteiger charge is 1.81. The lowest BCUT2D eigenvalue weighted by atomic mass is 10.6. The molecule has 1 radical (unpaired) electrons. The van der Waals surface area contributed by atoms with Gasteiger partial charge in [-0.15, -0.1) is 0 Å². The lowest BCUT2D eigenvalue weighted by molar-refractivity contribution is 1.10. The third kappa shape index (κ3) is 4.39. The Labute approximate surface area is 34.8 Å². The van der Waals surface area contributed by atoms with Crippen LogP contribution >= 0.6 is 8.73 Å². The van der Waals surface area contributed by atoms with Crippen molar-refractivity contribution < 1.29 is 0 Å². The predicted molar refractivity (Wildman–Crippen MR) is 26.2 cm³/mol. The summed E-state index contributed by atoms with van der Waals surface area (Å²) in [6.07, 6.45) is 0. The minimum atomic E-state index is 0.634. The van der Waals surface area contributed by atoms with E-state index in [4.69, 9.17) is 5.50 Å². The van der Waals surface area contributed by atoms with Gasteiger partial charge in [-0.05, 0) is 5.66 Å². The third-order valence-electron chi connectivity index (χ3n) is 0.298. The number of nitrogens with two attached hydrogens (primary N) is 1. The van der Waals surface area contributed by atoms with E-state index < -0.39 is 0 Å². The second-order valence-corrected chi connectivity index (χ2v) is 2.57. The molecule has 0 fully saturated rings. The highest BCUT2D eigenvalue weighted by Crippen LogP contribution is 2.04. The largest absolute Gasteiger partial charge is 0.305 e. The molecule has 0 amide bonds. The van der Waals surface area contributed by atoms with Gasteiger partial charge in [0.2, 0.25) is 0 Å². The fourth-order valence-electron chi connectivity index (χ4n) is 0. The van der Waals surface area contributed by atoms with Gasteiger partial charge in [0.05, 0.1) is 0 Å². The summed E-state index contributed by atoms with van der Waals surface area (Å²) in [5, 5.41) is 0. The van der Waals surface area contributed by atoms with Crippen molar-refractivity contribution in [2.75, 3.05) is 0 Å². The average molecular weight is 90.1 g/mol. The van der Waals surface area contributed by atoms with Gasteiger partial charge in [0.25, 0.3) is 0 Å². The van der Waals surface area contributed by atoms with Gasteiger partial charge >= 0.3 is 0 Å². The lowest BCUT2D eigenvalue weighted by Crippen LogP contribution is -1.86. The topological polar surface area (TPSA) is 26.0 Å². The maximum atomic E-state index is 5.14. The normalized spacial score (nSPS) is 12.0. The molecule has 0 bridgehead atoms. The van der Waals surface area contributed by atoms with Crippen molar-refractivity contribution in [2.45, 2.75) is 19.5 Å². The zero-order chi connectivity index (χ0) is 4.28. The first kappa shape index (κ1) is 5.39. The maximum Gasteiger partial charge on any atom is 0.00233 e. The van der Waals surface area contributed by atoms with Crippen molar-refractivity contribution >= 4 is 8.73 Å². The minimum absolute atomic E-state index is 0.634. The van der Waals surface area contributed by atoms with E-state index in [9.17, 15) is 0 Å². The van der Waals surface area contributed by atoms with Crippen molar-refractivity contribution in [3.8, 4) is 0 Å². The van der Waals surface area contributed by atoms with E-state index in [1.165, 1.54) is 0 Å². The van der Waals surface area contributed by atoms with Crippen molar-refractivity contribution in [3.63, 3.8) is 0 Å². The molecule has 5 heavy (non-hydrogen) atoms. The van der Waals surface area contributed by atoms with Gasteiger partial charge in [-0.25, -0.2) is 0 Å². The highest BCUT2D eigenvalue weighted by atomic mass is 31.1. The van der Waals surface area contributed by atoms with Crippen molar-refractivity contribution in [3.05, 3.63) is 0 Å². The quantitative estimate of drug-likeness (QED) is 0.481. The number of hydrogen-bond donors (Lipinski definition) is 1. The second kappa shape index (κ2) is 2.62. The molecule has 0 aliphatic carbocycles. The number of rotatable bonds is 1. The van der Waals surface area contributed by atoms with Crippen molar-refractivity contribution in [2.24, 2.45) is 5.50 Å². The Kier molecular flexibility index (Phi) is 2.82. The van der Waals surface area contributed by atoms with E-state index in [1.54, 1.807) is 0 Å². The molecule has 2 N–H and O–H groups in total. The van der Waals surface area contributed by atoms with Crippen LogP contribution in [0.3, 0.4) is 0 Å². The first-order chi connectivity index (χ1) is 2.27. The Morgan fingerprint density at radius 1 is 1.60 bits per heavy atom. The molecule has 0 aromatic carbocycles. The van der Waals surface area contributed by atoms with Crippen molar-refractivity contribution in [1.82, 2.24) is 0 Å². The molecule has 1 nitrogen and oxygen atoms in total. The van der Waals surface area contributed by atoms with Crippen LogP contribution in [0, 0.1) is 0 Å². The smallest absolute Gasteiger partial charge is 0.00233 e. The van der Waals surface area contributed by atoms with Crippen LogP contribution in [0.15, 0.2) is 0 Å². The molecule has 0 aliphatic rings. The Morgan fingerprint density at radius 2 is 1.80 bits per heavy atom. The van der Waals surface area contributed by atoms with Crippen molar-refractivity contribution in [1.29, 1.82) is 0 Å². The lowest BCUT2D eigenvalue weighted by Gasteiger charge is -1.89. The van der Waals surface area contributed by atoms with Gasteiger partial charge in [0.15, 0.2) is 0 Å². The molecule has 0 rings (SSSR count). The molecule has 0 saturated carbocycles. The molecule has 0 atom stereocenters. The summed E-state index contributed by atoms with van der Waals surface area (Å²) in [5.41, 5.74) is 5.78. The molecule has 31 valence electrons. The van der Waals surface area contributed by atoms with E-state index >= 15 is 0 Å². The van der Waals surface area contributed by atoms with E-state index in [1.807, 2.05) is 0 Å². The Hall–Kier alpha value is 0.390.